The standard InChI is InChI=1S/C21H21ClN2O4S/c22-16-3-7-18(8-4-16)29(26,27)17-5-1-14(2-6-17)12-24-21(25)19-11-15-9-10-23-13-20(15)28-19/h1-2,5-6,9-11,13,16,18H,3-4,7-8,12H2,(H,24,25). The van der Waals surface area contributed by atoms with Crippen LogP contribution in [0.4, 0.5) is 0 Å². The van der Waals surface area contributed by atoms with Gasteiger partial charge in [0.15, 0.2) is 21.2 Å². The molecule has 0 saturated heterocycles. The summed E-state index contributed by atoms with van der Waals surface area (Å²) in [6.07, 6.45) is 5.85. The smallest absolute Gasteiger partial charge is 0.287 e. The van der Waals surface area contributed by atoms with E-state index in [0.29, 0.717) is 23.3 Å². The molecular formula is C21H21ClN2O4S. The second kappa shape index (κ2) is 8.16. The van der Waals surface area contributed by atoms with Crippen LogP contribution < -0.4 is 5.32 Å². The summed E-state index contributed by atoms with van der Waals surface area (Å²) in [5, 5.41) is 3.30. The number of aromatic nitrogens is 1. The second-order valence-corrected chi connectivity index (χ2v) is 10.1. The molecule has 1 aliphatic rings. The summed E-state index contributed by atoms with van der Waals surface area (Å²) in [6, 6.07) is 10.1. The van der Waals surface area contributed by atoms with Gasteiger partial charge >= 0.3 is 0 Å². The number of alkyl halides is 1. The van der Waals surface area contributed by atoms with Crippen molar-refractivity contribution in [3.8, 4) is 0 Å². The largest absolute Gasteiger partial charge is 0.449 e. The maximum atomic E-state index is 12.8. The maximum Gasteiger partial charge on any atom is 0.287 e. The second-order valence-electron chi connectivity index (χ2n) is 7.27. The third-order valence-electron chi connectivity index (χ3n) is 5.29. The predicted molar refractivity (Wildman–Crippen MR) is 111 cm³/mol. The van der Waals surface area contributed by atoms with Gasteiger partial charge in [0.2, 0.25) is 0 Å². The third-order valence-corrected chi connectivity index (χ3v) is 8.01. The number of furan rings is 1. The molecule has 2 aromatic heterocycles. The number of fused-ring (bicyclic) bond motifs is 1. The molecule has 1 fully saturated rings. The number of pyridine rings is 1. The van der Waals surface area contributed by atoms with Crippen molar-refractivity contribution in [3.63, 3.8) is 0 Å². The summed E-state index contributed by atoms with van der Waals surface area (Å²) < 4.78 is 31.1. The Morgan fingerprint density at radius 2 is 1.86 bits per heavy atom. The van der Waals surface area contributed by atoms with Crippen LogP contribution in [0.25, 0.3) is 11.0 Å². The van der Waals surface area contributed by atoms with E-state index in [1.807, 2.05) is 0 Å². The van der Waals surface area contributed by atoms with Crippen molar-refractivity contribution in [2.45, 2.75) is 47.8 Å². The number of sulfone groups is 1. The van der Waals surface area contributed by atoms with Crippen LogP contribution in [-0.4, -0.2) is 29.9 Å². The van der Waals surface area contributed by atoms with Gasteiger partial charge in [-0.05, 0) is 55.5 Å². The first-order chi connectivity index (χ1) is 13.9. The maximum absolute atomic E-state index is 12.8. The fourth-order valence-electron chi connectivity index (χ4n) is 3.59. The molecule has 1 N–H and O–H groups in total. The van der Waals surface area contributed by atoms with E-state index >= 15 is 0 Å². The van der Waals surface area contributed by atoms with Crippen LogP contribution in [-0.2, 0) is 16.4 Å². The molecule has 8 heteroatoms. The summed E-state index contributed by atoms with van der Waals surface area (Å²) in [7, 11) is -3.36. The molecule has 1 aromatic carbocycles. The van der Waals surface area contributed by atoms with Crippen LogP contribution in [0, 0.1) is 0 Å². The molecule has 1 amide bonds. The highest BCUT2D eigenvalue weighted by atomic mass is 35.5. The monoisotopic (exact) mass is 432 g/mol. The number of hydrogen-bond acceptors (Lipinski definition) is 5. The topological polar surface area (TPSA) is 89.3 Å². The Kier molecular flexibility index (Phi) is 5.61. The van der Waals surface area contributed by atoms with Crippen LogP contribution in [0.5, 0.6) is 0 Å². The zero-order valence-corrected chi connectivity index (χ0v) is 17.2. The molecule has 1 aliphatic carbocycles. The molecule has 4 rings (SSSR count). The number of carbonyl (C=O) groups is 1. The van der Waals surface area contributed by atoms with E-state index in [9.17, 15) is 13.2 Å². The number of halogens is 1. The van der Waals surface area contributed by atoms with E-state index in [1.54, 1.807) is 48.8 Å². The highest BCUT2D eigenvalue weighted by Crippen LogP contribution is 2.31. The van der Waals surface area contributed by atoms with Gasteiger partial charge in [-0.2, -0.15) is 0 Å². The van der Waals surface area contributed by atoms with Crippen LogP contribution in [0.15, 0.2) is 58.1 Å². The van der Waals surface area contributed by atoms with Gasteiger partial charge in [-0.1, -0.05) is 12.1 Å². The number of carbonyl (C=O) groups excluding carboxylic acids is 1. The van der Waals surface area contributed by atoms with E-state index in [4.69, 9.17) is 16.0 Å². The van der Waals surface area contributed by atoms with Gasteiger partial charge in [0.25, 0.3) is 5.91 Å². The summed E-state index contributed by atoms with van der Waals surface area (Å²) >= 11 is 6.09. The van der Waals surface area contributed by atoms with Crippen molar-refractivity contribution in [1.29, 1.82) is 0 Å². The van der Waals surface area contributed by atoms with Crippen LogP contribution >= 0.6 is 11.6 Å². The Hall–Kier alpha value is -2.38. The molecule has 2 heterocycles. The zero-order chi connectivity index (χ0) is 20.4. The first kappa shape index (κ1) is 19.9. The Morgan fingerprint density at radius 1 is 1.14 bits per heavy atom. The molecule has 152 valence electrons. The van der Waals surface area contributed by atoms with Gasteiger partial charge in [0, 0.05) is 23.5 Å². The number of nitrogens with zero attached hydrogens (tertiary/aromatic N) is 1. The van der Waals surface area contributed by atoms with E-state index in [0.717, 1.165) is 23.8 Å². The van der Waals surface area contributed by atoms with Gasteiger partial charge in [-0.25, -0.2) is 8.42 Å². The quantitative estimate of drug-likeness (QED) is 0.613. The van der Waals surface area contributed by atoms with Crippen LogP contribution in [0.3, 0.4) is 0 Å². The number of benzene rings is 1. The zero-order valence-electron chi connectivity index (χ0n) is 15.7. The molecule has 0 spiro atoms. The third kappa shape index (κ3) is 4.31. The van der Waals surface area contributed by atoms with Gasteiger partial charge < -0.3 is 9.73 Å². The van der Waals surface area contributed by atoms with E-state index < -0.39 is 9.84 Å². The number of rotatable bonds is 5. The lowest BCUT2D eigenvalue weighted by Gasteiger charge is -2.24. The summed E-state index contributed by atoms with van der Waals surface area (Å²) in [6.45, 7) is 0.270. The Morgan fingerprint density at radius 3 is 2.55 bits per heavy atom. The van der Waals surface area contributed by atoms with Crippen molar-refractivity contribution >= 4 is 38.3 Å². The normalized spacial score (nSPS) is 19.9. The SMILES string of the molecule is O=C(NCc1ccc(S(=O)(=O)C2CCC(Cl)CC2)cc1)c1cc2ccncc2o1. The lowest BCUT2D eigenvalue weighted by molar-refractivity contribution is 0.0925. The molecule has 0 atom stereocenters. The van der Waals surface area contributed by atoms with E-state index in [1.165, 1.54) is 0 Å². The molecule has 6 nitrogen and oxygen atoms in total. The van der Waals surface area contributed by atoms with Crippen molar-refractivity contribution < 1.29 is 17.6 Å². The van der Waals surface area contributed by atoms with E-state index in [-0.39, 0.29) is 28.8 Å². The van der Waals surface area contributed by atoms with Crippen molar-refractivity contribution in [2.24, 2.45) is 0 Å². The summed E-state index contributed by atoms with van der Waals surface area (Å²) in [5.41, 5.74) is 1.36. The highest BCUT2D eigenvalue weighted by molar-refractivity contribution is 7.92. The lowest BCUT2D eigenvalue weighted by Crippen LogP contribution is -2.27. The first-order valence-corrected chi connectivity index (χ1v) is 11.5. The van der Waals surface area contributed by atoms with Gasteiger partial charge in [-0.3, -0.25) is 9.78 Å². The fourth-order valence-corrected chi connectivity index (χ4v) is 5.63. The van der Waals surface area contributed by atoms with Gasteiger partial charge in [0.05, 0.1) is 16.3 Å². The lowest BCUT2D eigenvalue weighted by atomic mass is 10.00. The molecule has 1 saturated carbocycles. The Balaban J connectivity index is 1.39. The molecule has 3 aromatic rings. The van der Waals surface area contributed by atoms with Crippen LogP contribution in [0.1, 0.15) is 41.8 Å². The van der Waals surface area contributed by atoms with Crippen molar-refractivity contribution in [1.82, 2.24) is 10.3 Å². The van der Waals surface area contributed by atoms with Crippen molar-refractivity contribution in [3.05, 3.63) is 60.1 Å². The first-order valence-electron chi connectivity index (χ1n) is 9.52. The number of amides is 1. The highest BCUT2D eigenvalue weighted by Gasteiger charge is 2.31. The molecule has 0 bridgehead atoms. The molecule has 0 unspecified atom stereocenters. The average molecular weight is 433 g/mol. The molecular weight excluding hydrogens is 412 g/mol. The van der Waals surface area contributed by atoms with Gasteiger partial charge in [0.1, 0.15) is 0 Å². The number of nitrogens with one attached hydrogen (secondary N) is 1. The summed E-state index contributed by atoms with van der Waals surface area (Å²) in [5.74, 6) is -0.127. The Bertz CT molecular complexity index is 1080. The number of hydrogen-bond donors (Lipinski definition) is 1. The minimum atomic E-state index is -3.36. The van der Waals surface area contributed by atoms with Crippen molar-refractivity contribution in [2.75, 3.05) is 0 Å². The summed E-state index contributed by atoms with van der Waals surface area (Å²) in [4.78, 5) is 16.6. The van der Waals surface area contributed by atoms with E-state index in [2.05, 4.69) is 10.3 Å². The fraction of sp³-hybridized carbons (Fsp3) is 0.333. The molecule has 0 aliphatic heterocycles. The van der Waals surface area contributed by atoms with Gasteiger partial charge in [-0.15, -0.1) is 11.6 Å². The minimum absolute atomic E-state index is 0.0791. The van der Waals surface area contributed by atoms with Crippen LogP contribution in [0.2, 0.25) is 0 Å². The predicted octanol–water partition coefficient (Wildman–Crippen LogP) is 4.08. The Labute approximate surface area is 174 Å². The average Bonchev–Trinajstić information content (AvgIpc) is 3.17. The molecule has 0 radical (unpaired) electrons. The molecule has 29 heavy (non-hydrogen) atoms. The minimum Gasteiger partial charge on any atom is -0.449 e.